The average molecular weight is 162 g/mol. The molecule has 0 bridgehead atoms. The number of aryl methyl sites for hydroxylation is 1. The van der Waals surface area contributed by atoms with Crippen molar-refractivity contribution >= 4 is 0 Å². The Hall–Kier alpha value is -1.85. The molecule has 0 aliphatic heterocycles. The first-order valence-electron chi connectivity index (χ1n) is 3.37. The van der Waals surface area contributed by atoms with Gasteiger partial charge in [0.1, 0.15) is 0 Å². The Morgan fingerprint density at radius 3 is 2.83 bits per heavy atom. The number of hydrogen-bond donors (Lipinski definition) is 0. The highest BCUT2D eigenvalue weighted by Gasteiger charge is 2.02. The van der Waals surface area contributed by atoms with Crippen molar-refractivity contribution in [2.45, 2.75) is 0 Å². The van der Waals surface area contributed by atoms with Gasteiger partial charge in [0.25, 0.3) is 0 Å². The highest BCUT2D eigenvalue weighted by atomic mass is 15.6. The SMILES string of the molecule is Cn1nnc(-c2ccnnc2)n1. The van der Waals surface area contributed by atoms with E-state index >= 15 is 0 Å². The van der Waals surface area contributed by atoms with E-state index in [1.165, 1.54) is 4.80 Å². The molecule has 60 valence electrons. The Kier molecular flexibility index (Phi) is 1.51. The van der Waals surface area contributed by atoms with Crippen molar-refractivity contribution in [1.82, 2.24) is 30.4 Å². The molecule has 2 rings (SSSR count). The van der Waals surface area contributed by atoms with Crippen LogP contribution in [0.1, 0.15) is 0 Å². The Balaban J connectivity index is 2.45. The first kappa shape index (κ1) is 6.84. The number of nitrogens with zero attached hydrogens (tertiary/aromatic N) is 6. The molecule has 0 amide bonds. The maximum Gasteiger partial charge on any atom is 0.206 e. The molecule has 0 fully saturated rings. The monoisotopic (exact) mass is 162 g/mol. The van der Waals surface area contributed by atoms with Gasteiger partial charge in [0.15, 0.2) is 0 Å². The summed E-state index contributed by atoms with van der Waals surface area (Å²) in [6, 6.07) is 1.78. The average Bonchev–Trinajstić information content (AvgIpc) is 2.54. The minimum Gasteiger partial charge on any atom is -0.167 e. The fourth-order valence-electron chi connectivity index (χ4n) is 0.823. The molecule has 0 aliphatic rings. The van der Waals surface area contributed by atoms with E-state index in [2.05, 4.69) is 25.6 Å². The zero-order valence-corrected chi connectivity index (χ0v) is 6.42. The molecule has 0 spiro atoms. The quantitative estimate of drug-likeness (QED) is 0.574. The molecule has 0 saturated heterocycles. The van der Waals surface area contributed by atoms with Crippen LogP contribution in [-0.4, -0.2) is 30.4 Å². The van der Waals surface area contributed by atoms with Crippen LogP contribution in [0.4, 0.5) is 0 Å². The van der Waals surface area contributed by atoms with Gasteiger partial charge in [0.2, 0.25) is 5.82 Å². The van der Waals surface area contributed by atoms with Crippen LogP contribution in [0.3, 0.4) is 0 Å². The van der Waals surface area contributed by atoms with Crippen LogP contribution in [0.2, 0.25) is 0 Å². The van der Waals surface area contributed by atoms with E-state index in [0.717, 1.165) is 5.56 Å². The fourth-order valence-corrected chi connectivity index (χ4v) is 0.823. The molecule has 0 saturated carbocycles. The summed E-state index contributed by atoms with van der Waals surface area (Å²) < 4.78 is 0. The third-order valence-electron chi connectivity index (χ3n) is 1.35. The smallest absolute Gasteiger partial charge is 0.167 e. The summed E-state index contributed by atoms with van der Waals surface area (Å²) in [7, 11) is 1.71. The van der Waals surface area contributed by atoms with Crippen LogP contribution >= 0.6 is 0 Å². The summed E-state index contributed by atoms with van der Waals surface area (Å²) in [6.07, 6.45) is 3.18. The molecule has 6 heteroatoms. The summed E-state index contributed by atoms with van der Waals surface area (Å²) in [5, 5.41) is 18.9. The van der Waals surface area contributed by atoms with Gasteiger partial charge in [-0.3, -0.25) is 0 Å². The van der Waals surface area contributed by atoms with Gasteiger partial charge >= 0.3 is 0 Å². The van der Waals surface area contributed by atoms with Crippen molar-refractivity contribution in [3.05, 3.63) is 18.5 Å². The van der Waals surface area contributed by atoms with Gasteiger partial charge in [-0.1, -0.05) is 0 Å². The minimum atomic E-state index is 0.562. The van der Waals surface area contributed by atoms with Gasteiger partial charge in [-0.15, -0.1) is 10.2 Å². The maximum absolute atomic E-state index is 4.01. The molecule has 2 aromatic rings. The van der Waals surface area contributed by atoms with E-state index in [-0.39, 0.29) is 0 Å². The molecule has 0 radical (unpaired) electrons. The maximum atomic E-state index is 4.01. The predicted molar refractivity (Wildman–Crippen MR) is 39.8 cm³/mol. The van der Waals surface area contributed by atoms with Crippen LogP contribution in [0, 0.1) is 0 Å². The van der Waals surface area contributed by atoms with Crippen molar-refractivity contribution < 1.29 is 0 Å². The summed E-state index contributed by atoms with van der Waals surface area (Å²) in [5.41, 5.74) is 0.818. The zero-order valence-electron chi connectivity index (χ0n) is 6.42. The van der Waals surface area contributed by atoms with Gasteiger partial charge in [0, 0.05) is 5.56 Å². The molecule has 2 aromatic heterocycles. The minimum absolute atomic E-state index is 0.562. The molecule has 0 unspecified atom stereocenters. The molecule has 0 aromatic carbocycles. The van der Waals surface area contributed by atoms with Gasteiger partial charge in [-0.2, -0.15) is 15.0 Å². The summed E-state index contributed by atoms with van der Waals surface area (Å²) >= 11 is 0. The lowest BCUT2D eigenvalue weighted by Gasteiger charge is -1.88. The van der Waals surface area contributed by atoms with Crippen molar-refractivity contribution in [1.29, 1.82) is 0 Å². The molecule has 2 heterocycles. The summed E-state index contributed by atoms with van der Waals surface area (Å²) in [6.45, 7) is 0. The molecule has 12 heavy (non-hydrogen) atoms. The molecular formula is C6H6N6. The van der Waals surface area contributed by atoms with E-state index in [0.29, 0.717) is 5.82 Å². The number of rotatable bonds is 1. The third kappa shape index (κ3) is 1.14. The molecule has 0 atom stereocenters. The molecule has 0 aliphatic carbocycles. The van der Waals surface area contributed by atoms with Crippen molar-refractivity contribution in [2.75, 3.05) is 0 Å². The van der Waals surface area contributed by atoms with Crippen LogP contribution in [0.25, 0.3) is 11.4 Å². The molecule has 0 N–H and O–H groups in total. The van der Waals surface area contributed by atoms with Crippen LogP contribution in [0.15, 0.2) is 18.5 Å². The summed E-state index contributed by atoms with van der Waals surface area (Å²) in [5.74, 6) is 0.562. The Morgan fingerprint density at radius 2 is 2.25 bits per heavy atom. The van der Waals surface area contributed by atoms with Crippen LogP contribution in [0.5, 0.6) is 0 Å². The Morgan fingerprint density at radius 1 is 1.33 bits per heavy atom. The largest absolute Gasteiger partial charge is 0.206 e. The number of tetrazole rings is 1. The third-order valence-corrected chi connectivity index (χ3v) is 1.35. The molecule has 6 nitrogen and oxygen atoms in total. The highest BCUT2D eigenvalue weighted by Crippen LogP contribution is 2.08. The zero-order chi connectivity index (χ0) is 8.39. The summed E-state index contributed by atoms with van der Waals surface area (Å²) in [4.78, 5) is 1.40. The number of hydrogen-bond acceptors (Lipinski definition) is 5. The highest BCUT2D eigenvalue weighted by molar-refractivity contribution is 5.50. The lowest BCUT2D eigenvalue weighted by Crippen LogP contribution is -1.92. The second kappa shape index (κ2) is 2.65. The van der Waals surface area contributed by atoms with Crippen LogP contribution < -0.4 is 0 Å². The lowest BCUT2D eigenvalue weighted by atomic mass is 10.3. The van der Waals surface area contributed by atoms with E-state index in [4.69, 9.17) is 0 Å². The predicted octanol–water partition coefficient (Wildman–Crippen LogP) is -0.333. The van der Waals surface area contributed by atoms with Gasteiger partial charge < -0.3 is 0 Å². The molecular weight excluding hydrogens is 156 g/mol. The van der Waals surface area contributed by atoms with E-state index in [9.17, 15) is 0 Å². The topological polar surface area (TPSA) is 69.4 Å². The van der Waals surface area contributed by atoms with Gasteiger partial charge in [-0.05, 0) is 11.3 Å². The first-order chi connectivity index (χ1) is 5.86. The Bertz CT molecular complexity index is 367. The van der Waals surface area contributed by atoms with E-state index in [1.807, 2.05) is 0 Å². The van der Waals surface area contributed by atoms with Crippen LogP contribution in [-0.2, 0) is 7.05 Å². The van der Waals surface area contributed by atoms with Gasteiger partial charge in [0.05, 0.1) is 19.4 Å². The first-order valence-corrected chi connectivity index (χ1v) is 3.37. The van der Waals surface area contributed by atoms with E-state index < -0.39 is 0 Å². The second-order valence-corrected chi connectivity index (χ2v) is 2.23. The van der Waals surface area contributed by atoms with Crippen molar-refractivity contribution in [3.8, 4) is 11.4 Å². The Labute approximate surface area is 68.2 Å². The lowest BCUT2D eigenvalue weighted by molar-refractivity contribution is 0.630. The van der Waals surface area contributed by atoms with Crippen molar-refractivity contribution in [2.24, 2.45) is 7.05 Å². The second-order valence-electron chi connectivity index (χ2n) is 2.23. The standard InChI is InChI=1S/C6H6N6/c1-12-10-6(9-11-12)5-2-3-7-8-4-5/h2-4H,1H3. The fraction of sp³-hybridized carbons (Fsp3) is 0.167. The normalized spacial score (nSPS) is 10.1. The van der Waals surface area contributed by atoms with E-state index in [1.54, 1.807) is 25.5 Å². The van der Waals surface area contributed by atoms with Gasteiger partial charge in [-0.25, -0.2) is 0 Å². The number of aromatic nitrogens is 6. The van der Waals surface area contributed by atoms with Crippen molar-refractivity contribution in [3.63, 3.8) is 0 Å².